The van der Waals surface area contributed by atoms with Crippen molar-refractivity contribution >= 4 is 11.6 Å². The molecule has 19 heavy (non-hydrogen) atoms. The summed E-state index contributed by atoms with van der Waals surface area (Å²) in [5.74, 6) is 0.0963. The quantitative estimate of drug-likeness (QED) is 0.768. The number of carbonyl (C=O) groups is 1. The smallest absolute Gasteiger partial charge is 0.274 e. The molecule has 3 rings (SSSR count). The van der Waals surface area contributed by atoms with Gasteiger partial charge in [-0.25, -0.2) is 0 Å². The fraction of sp³-hybridized carbons (Fsp3) is 0.312. The zero-order valence-electron chi connectivity index (χ0n) is 11.4. The first-order chi connectivity index (χ1) is 9.16. The zero-order valence-corrected chi connectivity index (χ0v) is 11.4. The van der Waals surface area contributed by atoms with Crippen molar-refractivity contribution in [2.24, 2.45) is 7.05 Å². The molecule has 0 N–H and O–H groups in total. The van der Waals surface area contributed by atoms with E-state index in [0.717, 1.165) is 30.8 Å². The Balaban J connectivity index is 2.02. The zero-order chi connectivity index (χ0) is 13.4. The summed E-state index contributed by atoms with van der Waals surface area (Å²) in [6.45, 7) is 2.88. The lowest BCUT2D eigenvalue weighted by atomic mass is 9.99. The van der Waals surface area contributed by atoms with Crippen LogP contribution in [0.15, 0.2) is 36.5 Å². The first-order valence-electron chi connectivity index (χ1n) is 6.69. The molecule has 3 heteroatoms. The van der Waals surface area contributed by atoms with Gasteiger partial charge in [-0.2, -0.15) is 0 Å². The van der Waals surface area contributed by atoms with Gasteiger partial charge >= 0.3 is 0 Å². The molecule has 0 bridgehead atoms. The van der Waals surface area contributed by atoms with Crippen molar-refractivity contribution in [1.82, 2.24) is 4.57 Å². The molecule has 1 aromatic heterocycles. The molecule has 1 amide bonds. The molecule has 0 spiro atoms. The summed E-state index contributed by atoms with van der Waals surface area (Å²) in [5.41, 5.74) is 4.30. The van der Waals surface area contributed by atoms with Gasteiger partial charge in [-0.15, -0.1) is 0 Å². The van der Waals surface area contributed by atoms with E-state index in [1.807, 2.05) is 34.8 Å². The van der Waals surface area contributed by atoms with Gasteiger partial charge in [-0.05, 0) is 49.1 Å². The van der Waals surface area contributed by atoms with Gasteiger partial charge in [0.1, 0.15) is 5.69 Å². The number of anilines is 1. The lowest BCUT2D eigenvalue weighted by Crippen LogP contribution is -2.36. The number of carbonyl (C=O) groups excluding carboxylic acids is 1. The third kappa shape index (κ3) is 2.05. The highest BCUT2D eigenvalue weighted by molar-refractivity contribution is 6.05. The van der Waals surface area contributed by atoms with Crippen LogP contribution in [0.3, 0.4) is 0 Å². The van der Waals surface area contributed by atoms with Crippen molar-refractivity contribution in [3.8, 4) is 0 Å². The fourth-order valence-corrected chi connectivity index (χ4v) is 2.72. The van der Waals surface area contributed by atoms with Crippen LogP contribution in [0.5, 0.6) is 0 Å². The Morgan fingerprint density at radius 1 is 1.26 bits per heavy atom. The summed E-state index contributed by atoms with van der Waals surface area (Å²) in [7, 11) is 1.91. The van der Waals surface area contributed by atoms with Crippen LogP contribution in [-0.4, -0.2) is 17.0 Å². The largest absolute Gasteiger partial charge is 0.347 e. The van der Waals surface area contributed by atoms with Crippen molar-refractivity contribution in [2.45, 2.75) is 19.8 Å². The third-order valence-electron chi connectivity index (χ3n) is 3.77. The minimum atomic E-state index is 0.0963. The molecular weight excluding hydrogens is 236 g/mol. The number of aryl methyl sites for hydroxylation is 3. The highest BCUT2D eigenvalue weighted by atomic mass is 16.2. The predicted octanol–water partition coefficient (Wildman–Crippen LogP) is 2.93. The van der Waals surface area contributed by atoms with Gasteiger partial charge in [0.2, 0.25) is 0 Å². The monoisotopic (exact) mass is 254 g/mol. The number of fused-ring (bicyclic) bond motifs is 1. The van der Waals surface area contributed by atoms with Crippen molar-refractivity contribution in [1.29, 1.82) is 0 Å². The molecule has 2 heterocycles. The normalized spacial score (nSPS) is 14.3. The number of amides is 1. The predicted molar refractivity (Wildman–Crippen MR) is 76.6 cm³/mol. The first-order valence-corrected chi connectivity index (χ1v) is 6.69. The van der Waals surface area contributed by atoms with Crippen molar-refractivity contribution in [2.75, 3.05) is 11.4 Å². The molecule has 0 aliphatic carbocycles. The topological polar surface area (TPSA) is 25.2 Å². The lowest BCUT2D eigenvalue weighted by molar-refractivity contribution is 0.0977. The molecule has 1 aliphatic rings. The molecule has 2 aromatic rings. The summed E-state index contributed by atoms with van der Waals surface area (Å²) in [6.07, 6.45) is 4.01. The lowest BCUT2D eigenvalue weighted by Gasteiger charge is -2.30. The summed E-state index contributed by atoms with van der Waals surface area (Å²) < 4.78 is 1.88. The van der Waals surface area contributed by atoms with Gasteiger partial charge in [0.15, 0.2) is 0 Å². The van der Waals surface area contributed by atoms with Crippen molar-refractivity contribution in [3.63, 3.8) is 0 Å². The average molecular weight is 254 g/mol. The summed E-state index contributed by atoms with van der Waals surface area (Å²) >= 11 is 0. The minimum absolute atomic E-state index is 0.0963. The van der Waals surface area contributed by atoms with Crippen LogP contribution in [0, 0.1) is 6.92 Å². The molecule has 0 fully saturated rings. The highest BCUT2D eigenvalue weighted by Crippen LogP contribution is 2.29. The van der Waals surface area contributed by atoms with Gasteiger partial charge in [0, 0.05) is 25.5 Å². The third-order valence-corrected chi connectivity index (χ3v) is 3.77. The van der Waals surface area contributed by atoms with E-state index in [4.69, 9.17) is 0 Å². The molecule has 1 aliphatic heterocycles. The Morgan fingerprint density at radius 2 is 2.11 bits per heavy atom. The standard InChI is InChI=1S/C16H18N2O/c1-12-7-8-13-5-3-10-18(15(13)11-12)16(19)14-6-4-9-17(14)2/h4,6-9,11H,3,5,10H2,1-2H3. The van der Waals surface area contributed by atoms with Crippen LogP contribution in [0.25, 0.3) is 0 Å². The molecule has 1 aromatic carbocycles. The van der Waals surface area contributed by atoms with E-state index in [9.17, 15) is 4.79 Å². The van der Waals surface area contributed by atoms with E-state index in [2.05, 4.69) is 25.1 Å². The van der Waals surface area contributed by atoms with Crippen LogP contribution in [-0.2, 0) is 13.5 Å². The van der Waals surface area contributed by atoms with E-state index in [1.54, 1.807) is 0 Å². The Bertz CT molecular complexity index is 627. The Morgan fingerprint density at radius 3 is 2.84 bits per heavy atom. The maximum atomic E-state index is 12.7. The van der Waals surface area contributed by atoms with Crippen molar-refractivity contribution in [3.05, 3.63) is 53.3 Å². The molecule has 0 saturated heterocycles. The minimum Gasteiger partial charge on any atom is -0.347 e. The van der Waals surface area contributed by atoms with Crippen molar-refractivity contribution < 1.29 is 4.79 Å². The van der Waals surface area contributed by atoms with Gasteiger partial charge in [-0.3, -0.25) is 4.79 Å². The number of nitrogens with zero attached hydrogens (tertiary/aromatic N) is 2. The van der Waals surface area contributed by atoms with Gasteiger partial charge < -0.3 is 9.47 Å². The molecule has 3 nitrogen and oxygen atoms in total. The van der Waals surface area contributed by atoms with Crippen LogP contribution in [0.2, 0.25) is 0 Å². The van der Waals surface area contributed by atoms with Crippen LogP contribution in [0.1, 0.15) is 28.0 Å². The maximum absolute atomic E-state index is 12.7. The number of rotatable bonds is 1. The van der Waals surface area contributed by atoms with E-state index in [0.29, 0.717) is 0 Å². The second-order valence-corrected chi connectivity index (χ2v) is 5.20. The number of benzene rings is 1. The van der Waals surface area contributed by atoms with E-state index in [1.165, 1.54) is 11.1 Å². The van der Waals surface area contributed by atoms with Crippen LogP contribution in [0.4, 0.5) is 5.69 Å². The molecule has 0 unspecified atom stereocenters. The maximum Gasteiger partial charge on any atom is 0.274 e. The Kier molecular flexibility index (Phi) is 2.90. The number of aromatic nitrogens is 1. The van der Waals surface area contributed by atoms with E-state index >= 15 is 0 Å². The number of hydrogen-bond donors (Lipinski definition) is 0. The second kappa shape index (κ2) is 4.57. The van der Waals surface area contributed by atoms with Gasteiger partial charge in [0.05, 0.1) is 0 Å². The molecule has 98 valence electrons. The first kappa shape index (κ1) is 12.0. The highest BCUT2D eigenvalue weighted by Gasteiger charge is 2.24. The van der Waals surface area contributed by atoms with Gasteiger partial charge in [-0.1, -0.05) is 12.1 Å². The fourth-order valence-electron chi connectivity index (χ4n) is 2.72. The van der Waals surface area contributed by atoms with E-state index < -0.39 is 0 Å². The number of hydrogen-bond acceptors (Lipinski definition) is 1. The summed E-state index contributed by atoms with van der Waals surface area (Å²) in [4.78, 5) is 14.6. The molecule has 0 saturated carbocycles. The SMILES string of the molecule is Cc1ccc2c(c1)N(C(=O)c1cccn1C)CCC2. The van der Waals surface area contributed by atoms with Crippen LogP contribution >= 0.6 is 0 Å². The Labute approximate surface area is 113 Å². The van der Waals surface area contributed by atoms with Gasteiger partial charge in [0.25, 0.3) is 5.91 Å². The van der Waals surface area contributed by atoms with E-state index in [-0.39, 0.29) is 5.91 Å². The molecular formula is C16H18N2O. The Hall–Kier alpha value is -2.03. The molecule has 0 radical (unpaired) electrons. The second-order valence-electron chi connectivity index (χ2n) is 5.20. The summed E-state index contributed by atoms with van der Waals surface area (Å²) in [5, 5.41) is 0. The molecule has 0 atom stereocenters. The van der Waals surface area contributed by atoms with Crippen LogP contribution < -0.4 is 4.90 Å². The average Bonchev–Trinajstić information content (AvgIpc) is 2.83. The summed E-state index contributed by atoms with van der Waals surface area (Å²) in [6, 6.07) is 10.2.